The number of hydrogen-bond acceptors (Lipinski definition) is 3. The summed E-state index contributed by atoms with van der Waals surface area (Å²) >= 11 is 5.92. The molecule has 0 saturated heterocycles. The summed E-state index contributed by atoms with van der Waals surface area (Å²) in [6.07, 6.45) is 0. The minimum absolute atomic E-state index is 0.196. The van der Waals surface area contributed by atoms with Gasteiger partial charge >= 0.3 is 0 Å². The van der Waals surface area contributed by atoms with E-state index in [4.69, 9.17) is 17.3 Å². The average Bonchev–Trinajstić information content (AvgIpc) is 2.43. The number of hydrogen-bond donors (Lipinski definition) is 2. The molecule has 104 valence electrons. The summed E-state index contributed by atoms with van der Waals surface area (Å²) in [7, 11) is 1.69. The van der Waals surface area contributed by atoms with Crippen molar-refractivity contribution >= 4 is 23.2 Å². The fraction of sp³-hybridized carbons (Fsp3) is 0.133. The van der Waals surface area contributed by atoms with Crippen LogP contribution in [-0.2, 0) is 6.54 Å². The molecule has 1 amide bonds. The highest BCUT2D eigenvalue weighted by Crippen LogP contribution is 2.23. The van der Waals surface area contributed by atoms with E-state index in [0.29, 0.717) is 17.1 Å². The van der Waals surface area contributed by atoms with Crippen LogP contribution in [0.25, 0.3) is 0 Å². The van der Waals surface area contributed by atoms with E-state index < -0.39 is 0 Å². The summed E-state index contributed by atoms with van der Waals surface area (Å²) in [5, 5.41) is 9.60. The molecular weight excluding hydrogens is 276 g/mol. The number of carbonyl (C=O) groups excluding carboxylic acids is 1. The number of aromatic hydroxyl groups is 1. The summed E-state index contributed by atoms with van der Waals surface area (Å²) in [6, 6.07) is 11.7. The molecule has 0 radical (unpaired) electrons. The van der Waals surface area contributed by atoms with Gasteiger partial charge in [0.1, 0.15) is 5.75 Å². The van der Waals surface area contributed by atoms with Gasteiger partial charge in [0.2, 0.25) is 0 Å². The van der Waals surface area contributed by atoms with Gasteiger partial charge < -0.3 is 15.7 Å². The van der Waals surface area contributed by atoms with Gasteiger partial charge in [0.25, 0.3) is 5.91 Å². The first-order valence-corrected chi connectivity index (χ1v) is 6.44. The molecule has 0 aromatic heterocycles. The fourth-order valence-corrected chi connectivity index (χ4v) is 2.05. The first-order valence-electron chi connectivity index (χ1n) is 6.06. The van der Waals surface area contributed by atoms with Crippen molar-refractivity contribution in [1.29, 1.82) is 0 Å². The third kappa shape index (κ3) is 3.03. The van der Waals surface area contributed by atoms with Crippen molar-refractivity contribution < 1.29 is 9.90 Å². The van der Waals surface area contributed by atoms with Gasteiger partial charge in [-0.25, -0.2) is 0 Å². The highest BCUT2D eigenvalue weighted by Gasteiger charge is 2.16. The van der Waals surface area contributed by atoms with E-state index in [1.807, 2.05) is 0 Å². The molecule has 0 saturated carbocycles. The lowest BCUT2D eigenvalue weighted by atomic mass is 10.1. The average molecular weight is 291 g/mol. The Bertz CT molecular complexity index is 626. The molecule has 4 nitrogen and oxygen atoms in total. The normalized spacial score (nSPS) is 10.3. The van der Waals surface area contributed by atoms with Crippen LogP contribution < -0.4 is 5.73 Å². The third-order valence-electron chi connectivity index (χ3n) is 2.99. The molecule has 2 aromatic rings. The zero-order chi connectivity index (χ0) is 14.7. The van der Waals surface area contributed by atoms with E-state index in [1.165, 1.54) is 0 Å². The van der Waals surface area contributed by atoms with Crippen molar-refractivity contribution in [3.8, 4) is 5.75 Å². The van der Waals surface area contributed by atoms with Gasteiger partial charge in [0, 0.05) is 13.6 Å². The molecule has 0 aliphatic rings. The van der Waals surface area contributed by atoms with E-state index in [-0.39, 0.29) is 17.3 Å². The maximum atomic E-state index is 12.3. The number of nitrogens with two attached hydrogens (primary N) is 1. The summed E-state index contributed by atoms with van der Waals surface area (Å²) in [6.45, 7) is 0.422. The number of rotatable bonds is 3. The van der Waals surface area contributed by atoms with Crippen LogP contribution >= 0.6 is 11.6 Å². The molecule has 0 atom stereocenters. The number of para-hydroxylation sites is 1. The predicted molar refractivity (Wildman–Crippen MR) is 79.8 cm³/mol. The van der Waals surface area contributed by atoms with Gasteiger partial charge in [-0.3, -0.25) is 4.79 Å². The number of carbonyl (C=O) groups is 1. The van der Waals surface area contributed by atoms with Crippen molar-refractivity contribution in [2.24, 2.45) is 0 Å². The second kappa shape index (κ2) is 5.84. The van der Waals surface area contributed by atoms with Crippen LogP contribution in [0.15, 0.2) is 42.5 Å². The van der Waals surface area contributed by atoms with Gasteiger partial charge in [-0.1, -0.05) is 29.8 Å². The number of halogens is 1. The maximum Gasteiger partial charge on any atom is 0.256 e. The Balaban J connectivity index is 2.16. The smallest absolute Gasteiger partial charge is 0.256 e. The topological polar surface area (TPSA) is 66.6 Å². The number of anilines is 1. The number of phenols is 1. The van der Waals surface area contributed by atoms with Crippen molar-refractivity contribution in [2.75, 3.05) is 12.8 Å². The summed E-state index contributed by atoms with van der Waals surface area (Å²) in [4.78, 5) is 13.9. The van der Waals surface area contributed by atoms with Crippen LogP contribution in [0.4, 0.5) is 5.69 Å². The minimum atomic E-state index is -0.196. The Morgan fingerprint density at radius 2 is 1.90 bits per heavy atom. The lowest BCUT2D eigenvalue weighted by Crippen LogP contribution is -2.27. The molecule has 0 heterocycles. The molecular formula is C15H15ClN2O2. The predicted octanol–water partition coefficient (Wildman–Crippen LogP) is 2.90. The van der Waals surface area contributed by atoms with E-state index in [9.17, 15) is 9.90 Å². The highest BCUT2D eigenvalue weighted by molar-refractivity contribution is 6.33. The Morgan fingerprint density at radius 1 is 1.25 bits per heavy atom. The minimum Gasteiger partial charge on any atom is -0.508 e. The summed E-state index contributed by atoms with van der Waals surface area (Å²) < 4.78 is 0. The van der Waals surface area contributed by atoms with Crippen LogP contribution in [0.3, 0.4) is 0 Å². The molecule has 0 fully saturated rings. The van der Waals surface area contributed by atoms with Gasteiger partial charge in [-0.05, 0) is 29.8 Å². The third-order valence-corrected chi connectivity index (χ3v) is 3.32. The van der Waals surface area contributed by atoms with Gasteiger partial charge in [-0.15, -0.1) is 0 Å². The van der Waals surface area contributed by atoms with E-state index in [1.54, 1.807) is 54.4 Å². The largest absolute Gasteiger partial charge is 0.508 e. The van der Waals surface area contributed by atoms with Gasteiger partial charge in [0.05, 0.1) is 16.3 Å². The number of amides is 1. The van der Waals surface area contributed by atoms with Crippen molar-refractivity contribution in [3.05, 3.63) is 58.6 Å². The number of nitrogens with zero attached hydrogens (tertiary/aromatic N) is 1. The Morgan fingerprint density at radius 3 is 2.55 bits per heavy atom. The summed E-state index contributed by atoms with van der Waals surface area (Å²) in [5.74, 6) is -0.000102. The van der Waals surface area contributed by atoms with Crippen LogP contribution in [0.2, 0.25) is 5.02 Å². The lowest BCUT2D eigenvalue weighted by Gasteiger charge is -2.18. The first kappa shape index (κ1) is 14.2. The maximum absolute atomic E-state index is 12.3. The molecule has 2 aromatic carbocycles. The second-order valence-corrected chi connectivity index (χ2v) is 4.94. The second-order valence-electron chi connectivity index (χ2n) is 4.53. The van der Waals surface area contributed by atoms with Crippen LogP contribution in [0, 0.1) is 0 Å². The van der Waals surface area contributed by atoms with Gasteiger partial charge in [0.15, 0.2) is 0 Å². The number of nitrogen functional groups attached to an aromatic ring is 1. The van der Waals surface area contributed by atoms with E-state index in [2.05, 4.69) is 0 Å². The molecule has 0 unspecified atom stereocenters. The SMILES string of the molecule is CN(Cc1ccc(O)cc1)C(=O)c1cccc(Cl)c1N. The van der Waals surface area contributed by atoms with Crippen molar-refractivity contribution in [2.45, 2.75) is 6.54 Å². The zero-order valence-electron chi connectivity index (χ0n) is 11.0. The molecule has 0 spiro atoms. The molecule has 0 aliphatic carbocycles. The zero-order valence-corrected chi connectivity index (χ0v) is 11.8. The molecule has 5 heteroatoms. The quantitative estimate of drug-likeness (QED) is 0.854. The molecule has 3 N–H and O–H groups in total. The number of phenolic OH excluding ortho intramolecular Hbond substituents is 1. The van der Waals surface area contributed by atoms with Crippen molar-refractivity contribution in [1.82, 2.24) is 4.90 Å². The van der Waals surface area contributed by atoms with E-state index in [0.717, 1.165) is 5.56 Å². The van der Waals surface area contributed by atoms with Crippen molar-refractivity contribution in [3.63, 3.8) is 0 Å². The first-order chi connectivity index (χ1) is 9.49. The van der Waals surface area contributed by atoms with Crippen LogP contribution in [0.1, 0.15) is 15.9 Å². The van der Waals surface area contributed by atoms with Crippen LogP contribution in [-0.4, -0.2) is 23.0 Å². The summed E-state index contributed by atoms with van der Waals surface area (Å²) in [5.41, 5.74) is 7.41. The fourth-order valence-electron chi connectivity index (χ4n) is 1.88. The monoisotopic (exact) mass is 290 g/mol. The Kier molecular flexibility index (Phi) is 4.15. The Labute approximate surface area is 122 Å². The van der Waals surface area contributed by atoms with Crippen LogP contribution in [0.5, 0.6) is 5.75 Å². The lowest BCUT2D eigenvalue weighted by molar-refractivity contribution is 0.0786. The molecule has 0 aliphatic heterocycles. The highest BCUT2D eigenvalue weighted by atomic mass is 35.5. The standard InChI is InChI=1S/C15H15ClN2O2/c1-18(9-10-5-7-11(19)8-6-10)15(20)12-3-2-4-13(16)14(12)17/h2-8,19H,9,17H2,1H3. The van der Waals surface area contributed by atoms with Gasteiger partial charge in [-0.2, -0.15) is 0 Å². The molecule has 0 bridgehead atoms. The van der Waals surface area contributed by atoms with E-state index >= 15 is 0 Å². The molecule has 20 heavy (non-hydrogen) atoms. The number of benzene rings is 2. The Hall–Kier alpha value is -2.20. The molecule has 2 rings (SSSR count).